The van der Waals surface area contributed by atoms with Crippen LogP contribution in [0.1, 0.15) is 21.9 Å². The zero-order valence-electron chi connectivity index (χ0n) is 9.60. The van der Waals surface area contributed by atoms with Crippen molar-refractivity contribution >= 4 is 5.91 Å². The molecule has 1 amide bonds. The summed E-state index contributed by atoms with van der Waals surface area (Å²) in [5.74, 6) is 0.391. The molecule has 0 saturated carbocycles. The molecule has 0 unspecified atom stereocenters. The number of nitrogens with zero attached hydrogens (tertiary/aromatic N) is 2. The van der Waals surface area contributed by atoms with E-state index >= 15 is 0 Å². The number of amides is 1. The third kappa shape index (κ3) is 1.37. The summed E-state index contributed by atoms with van der Waals surface area (Å²) in [7, 11) is 0. The number of fused-ring (bicyclic) bond motifs is 3. The SMILES string of the molecule is Cc1nc(C(N)=O)c2n1CCc1ccccc1-2. The highest BCUT2D eigenvalue weighted by molar-refractivity contribution is 5.97. The van der Waals surface area contributed by atoms with E-state index in [1.807, 2.05) is 25.1 Å². The van der Waals surface area contributed by atoms with Gasteiger partial charge >= 0.3 is 0 Å². The van der Waals surface area contributed by atoms with E-state index < -0.39 is 5.91 Å². The Kier molecular flexibility index (Phi) is 2.04. The van der Waals surface area contributed by atoms with Crippen LogP contribution >= 0.6 is 0 Å². The van der Waals surface area contributed by atoms with Gasteiger partial charge in [0.1, 0.15) is 5.82 Å². The van der Waals surface area contributed by atoms with Gasteiger partial charge in [-0.3, -0.25) is 4.79 Å². The van der Waals surface area contributed by atoms with Crippen LogP contribution in [0, 0.1) is 6.92 Å². The van der Waals surface area contributed by atoms with Gasteiger partial charge in [0.15, 0.2) is 5.69 Å². The van der Waals surface area contributed by atoms with E-state index in [1.165, 1.54) is 5.56 Å². The van der Waals surface area contributed by atoms with Gasteiger partial charge < -0.3 is 10.3 Å². The molecule has 1 aromatic heterocycles. The lowest BCUT2D eigenvalue weighted by Crippen LogP contribution is -2.16. The number of benzene rings is 1. The molecule has 2 heterocycles. The first kappa shape index (κ1) is 10.1. The molecule has 4 heteroatoms. The Morgan fingerprint density at radius 3 is 2.94 bits per heavy atom. The van der Waals surface area contributed by atoms with Crippen LogP contribution < -0.4 is 5.73 Å². The monoisotopic (exact) mass is 227 g/mol. The molecule has 0 radical (unpaired) electrons. The summed E-state index contributed by atoms with van der Waals surface area (Å²) in [6, 6.07) is 8.10. The Bertz CT molecular complexity index is 613. The van der Waals surface area contributed by atoms with Crippen LogP contribution in [0.5, 0.6) is 0 Å². The second kappa shape index (κ2) is 3.45. The zero-order valence-corrected chi connectivity index (χ0v) is 9.60. The molecule has 1 aliphatic rings. The average Bonchev–Trinajstić information content (AvgIpc) is 2.67. The molecule has 0 atom stereocenters. The Morgan fingerprint density at radius 1 is 1.41 bits per heavy atom. The number of nitrogens with two attached hydrogens (primary N) is 1. The molecule has 3 rings (SSSR count). The fourth-order valence-corrected chi connectivity index (χ4v) is 2.48. The highest BCUT2D eigenvalue weighted by atomic mass is 16.1. The summed E-state index contributed by atoms with van der Waals surface area (Å²) in [4.78, 5) is 15.7. The summed E-state index contributed by atoms with van der Waals surface area (Å²) in [5, 5.41) is 0. The Balaban J connectivity index is 2.33. The van der Waals surface area contributed by atoms with Gasteiger partial charge in [-0.05, 0) is 18.9 Å². The van der Waals surface area contributed by atoms with Crippen LogP contribution in [-0.4, -0.2) is 15.5 Å². The van der Waals surface area contributed by atoms with Gasteiger partial charge in [-0.2, -0.15) is 0 Å². The molecule has 0 bridgehead atoms. The topological polar surface area (TPSA) is 60.9 Å². The molecule has 1 aromatic carbocycles. The maximum Gasteiger partial charge on any atom is 0.269 e. The predicted octanol–water partition coefficient (Wildman–Crippen LogP) is 1.51. The van der Waals surface area contributed by atoms with E-state index in [2.05, 4.69) is 15.6 Å². The first-order chi connectivity index (χ1) is 8.18. The molecule has 1 aliphatic heterocycles. The van der Waals surface area contributed by atoms with Crippen molar-refractivity contribution in [2.45, 2.75) is 19.9 Å². The maximum atomic E-state index is 11.4. The third-order valence-corrected chi connectivity index (χ3v) is 3.27. The fraction of sp³-hybridized carbons (Fsp3) is 0.231. The van der Waals surface area contributed by atoms with Crippen molar-refractivity contribution in [3.05, 3.63) is 41.3 Å². The molecule has 0 spiro atoms. The minimum absolute atomic E-state index is 0.384. The molecular weight excluding hydrogens is 214 g/mol. The number of rotatable bonds is 1. The third-order valence-electron chi connectivity index (χ3n) is 3.27. The second-order valence-electron chi connectivity index (χ2n) is 4.28. The molecule has 4 nitrogen and oxygen atoms in total. The van der Waals surface area contributed by atoms with Gasteiger partial charge in [0.2, 0.25) is 0 Å². The van der Waals surface area contributed by atoms with E-state index in [1.54, 1.807) is 0 Å². The van der Waals surface area contributed by atoms with Gasteiger partial charge in [0.25, 0.3) is 5.91 Å². The van der Waals surface area contributed by atoms with Crippen LogP contribution in [-0.2, 0) is 13.0 Å². The number of aromatic nitrogens is 2. The molecule has 86 valence electrons. The predicted molar refractivity (Wildman–Crippen MR) is 64.6 cm³/mol. The fourth-order valence-electron chi connectivity index (χ4n) is 2.48. The smallest absolute Gasteiger partial charge is 0.269 e. The van der Waals surface area contributed by atoms with E-state index in [-0.39, 0.29) is 0 Å². The number of hydrogen-bond acceptors (Lipinski definition) is 2. The summed E-state index contributed by atoms with van der Waals surface area (Å²) < 4.78 is 2.07. The molecule has 0 aliphatic carbocycles. The number of aryl methyl sites for hydroxylation is 2. The van der Waals surface area contributed by atoms with E-state index in [0.717, 1.165) is 30.0 Å². The Hall–Kier alpha value is -2.10. The number of carbonyl (C=O) groups is 1. The van der Waals surface area contributed by atoms with E-state index in [0.29, 0.717) is 5.69 Å². The van der Waals surface area contributed by atoms with Crippen molar-refractivity contribution in [3.63, 3.8) is 0 Å². The minimum atomic E-state index is -0.460. The Labute approximate surface area is 99.1 Å². The van der Waals surface area contributed by atoms with E-state index in [4.69, 9.17) is 5.73 Å². The van der Waals surface area contributed by atoms with Crippen molar-refractivity contribution in [3.8, 4) is 11.3 Å². The molecular formula is C13H13N3O. The van der Waals surface area contributed by atoms with Crippen molar-refractivity contribution in [1.29, 1.82) is 0 Å². The van der Waals surface area contributed by atoms with Crippen molar-refractivity contribution in [2.24, 2.45) is 5.73 Å². The lowest BCUT2D eigenvalue weighted by molar-refractivity contribution is 0.0996. The summed E-state index contributed by atoms with van der Waals surface area (Å²) >= 11 is 0. The highest BCUT2D eigenvalue weighted by Gasteiger charge is 2.24. The number of hydrogen-bond donors (Lipinski definition) is 1. The van der Waals surface area contributed by atoms with Crippen molar-refractivity contribution in [2.75, 3.05) is 0 Å². The van der Waals surface area contributed by atoms with E-state index in [9.17, 15) is 4.79 Å². The molecule has 0 saturated heterocycles. The van der Waals surface area contributed by atoms with Crippen LogP contribution in [0.4, 0.5) is 0 Å². The summed E-state index contributed by atoms with van der Waals surface area (Å²) in [6.45, 7) is 2.77. The maximum absolute atomic E-state index is 11.4. The second-order valence-corrected chi connectivity index (χ2v) is 4.28. The average molecular weight is 227 g/mol. The number of primary amides is 1. The van der Waals surface area contributed by atoms with Gasteiger partial charge in [0, 0.05) is 12.1 Å². The van der Waals surface area contributed by atoms with Gasteiger partial charge in [-0.1, -0.05) is 24.3 Å². The van der Waals surface area contributed by atoms with Crippen LogP contribution in [0.25, 0.3) is 11.3 Å². The Morgan fingerprint density at radius 2 is 2.18 bits per heavy atom. The highest BCUT2D eigenvalue weighted by Crippen LogP contribution is 2.32. The molecule has 2 N–H and O–H groups in total. The summed E-state index contributed by atoms with van der Waals surface area (Å²) in [6.07, 6.45) is 0.971. The van der Waals surface area contributed by atoms with Crippen LogP contribution in [0.2, 0.25) is 0 Å². The minimum Gasteiger partial charge on any atom is -0.364 e. The standard InChI is InChI=1S/C13H13N3O/c1-8-15-11(13(14)17)12-10-5-3-2-4-9(10)6-7-16(8)12/h2-5H,6-7H2,1H3,(H2,14,17). The zero-order chi connectivity index (χ0) is 12.0. The van der Waals surface area contributed by atoms with Crippen molar-refractivity contribution in [1.82, 2.24) is 9.55 Å². The largest absolute Gasteiger partial charge is 0.364 e. The van der Waals surface area contributed by atoms with Crippen LogP contribution in [0.3, 0.4) is 0 Å². The number of carbonyl (C=O) groups excluding carboxylic acids is 1. The van der Waals surface area contributed by atoms with Gasteiger partial charge in [0.05, 0.1) is 5.69 Å². The first-order valence-corrected chi connectivity index (χ1v) is 5.63. The molecule has 17 heavy (non-hydrogen) atoms. The van der Waals surface area contributed by atoms with Gasteiger partial charge in [-0.25, -0.2) is 4.98 Å². The first-order valence-electron chi connectivity index (χ1n) is 5.63. The normalized spacial score (nSPS) is 13.0. The lowest BCUT2D eigenvalue weighted by atomic mass is 9.97. The lowest BCUT2D eigenvalue weighted by Gasteiger charge is -2.19. The van der Waals surface area contributed by atoms with Crippen molar-refractivity contribution < 1.29 is 4.79 Å². The van der Waals surface area contributed by atoms with Crippen LogP contribution in [0.15, 0.2) is 24.3 Å². The number of imidazole rings is 1. The quantitative estimate of drug-likeness (QED) is 0.802. The van der Waals surface area contributed by atoms with Gasteiger partial charge in [-0.15, -0.1) is 0 Å². The molecule has 2 aromatic rings. The molecule has 0 fully saturated rings. The summed E-state index contributed by atoms with van der Waals surface area (Å²) in [5.41, 5.74) is 8.98.